The number of anilines is 2. The van der Waals surface area contributed by atoms with Gasteiger partial charge < -0.3 is 5.73 Å². The van der Waals surface area contributed by atoms with Crippen molar-refractivity contribution in [1.29, 1.82) is 0 Å². The molecule has 1 aromatic heterocycles. The molecule has 17 heavy (non-hydrogen) atoms. The lowest BCUT2D eigenvalue weighted by atomic mass is 10.2. The van der Waals surface area contributed by atoms with E-state index >= 15 is 0 Å². The lowest BCUT2D eigenvalue weighted by Gasteiger charge is -2.09. The summed E-state index contributed by atoms with van der Waals surface area (Å²) in [5, 5.41) is 6.01. The normalized spacial score (nSPS) is 11.4. The van der Waals surface area contributed by atoms with Crippen LogP contribution in [0.3, 0.4) is 0 Å². The first-order chi connectivity index (χ1) is 7.99. The third-order valence-electron chi connectivity index (χ3n) is 2.27. The van der Waals surface area contributed by atoms with Crippen LogP contribution in [0.4, 0.5) is 11.4 Å². The van der Waals surface area contributed by atoms with Gasteiger partial charge in [0.15, 0.2) is 5.03 Å². The summed E-state index contributed by atoms with van der Waals surface area (Å²) in [5.74, 6) is 0. The van der Waals surface area contributed by atoms with Crippen LogP contribution in [-0.2, 0) is 10.0 Å². The fourth-order valence-electron chi connectivity index (χ4n) is 1.34. The van der Waals surface area contributed by atoms with Crippen LogP contribution in [0, 0.1) is 6.92 Å². The summed E-state index contributed by atoms with van der Waals surface area (Å²) in [4.78, 5) is 0. The first-order valence-corrected chi connectivity index (χ1v) is 6.36. The predicted molar refractivity (Wildman–Crippen MR) is 65.0 cm³/mol. The van der Waals surface area contributed by atoms with E-state index in [0.29, 0.717) is 11.4 Å². The van der Waals surface area contributed by atoms with Crippen molar-refractivity contribution in [3.63, 3.8) is 0 Å². The molecule has 1 aromatic carbocycles. The number of H-pyrrole nitrogens is 1. The molecule has 0 aliphatic carbocycles. The summed E-state index contributed by atoms with van der Waals surface area (Å²) in [6.45, 7) is 1.80. The topological polar surface area (TPSA) is 101 Å². The maximum absolute atomic E-state index is 11.9. The Kier molecular flexibility index (Phi) is 2.76. The minimum absolute atomic E-state index is 0.0133. The minimum atomic E-state index is -3.63. The molecule has 4 N–H and O–H groups in total. The Labute approximate surface area is 98.9 Å². The lowest BCUT2D eigenvalue weighted by Crippen LogP contribution is -2.14. The van der Waals surface area contributed by atoms with Crippen LogP contribution in [0.15, 0.2) is 35.5 Å². The zero-order valence-corrected chi connectivity index (χ0v) is 9.95. The Morgan fingerprint density at radius 2 is 2.12 bits per heavy atom. The van der Waals surface area contributed by atoms with E-state index in [9.17, 15) is 8.42 Å². The summed E-state index contributed by atoms with van der Waals surface area (Å²) < 4.78 is 26.3. The highest BCUT2D eigenvalue weighted by atomic mass is 32.2. The number of nitrogens with two attached hydrogens (primary N) is 1. The summed E-state index contributed by atoms with van der Waals surface area (Å²) >= 11 is 0. The first-order valence-electron chi connectivity index (χ1n) is 4.87. The van der Waals surface area contributed by atoms with Gasteiger partial charge in [0.05, 0.1) is 11.9 Å². The van der Waals surface area contributed by atoms with E-state index in [4.69, 9.17) is 5.73 Å². The molecule has 0 spiro atoms. The molecule has 0 unspecified atom stereocenters. The average Bonchev–Trinajstić information content (AvgIpc) is 2.77. The highest BCUT2D eigenvalue weighted by Crippen LogP contribution is 2.21. The number of hydrogen-bond acceptors (Lipinski definition) is 4. The van der Waals surface area contributed by atoms with E-state index in [-0.39, 0.29) is 5.03 Å². The lowest BCUT2D eigenvalue weighted by molar-refractivity contribution is 0.597. The van der Waals surface area contributed by atoms with Gasteiger partial charge in [-0.1, -0.05) is 6.07 Å². The summed E-state index contributed by atoms with van der Waals surface area (Å²) in [5.41, 5.74) is 7.36. The van der Waals surface area contributed by atoms with Gasteiger partial charge in [-0.05, 0) is 30.7 Å². The molecule has 2 rings (SSSR count). The predicted octanol–water partition coefficient (Wildman–Crippen LogP) is 1.10. The molecule has 7 heteroatoms. The van der Waals surface area contributed by atoms with Crippen molar-refractivity contribution < 1.29 is 8.42 Å². The first kappa shape index (κ1) is 11.5. The molecule has 0 aliphatic heterocycles. The minimum Gasteiger partial charge on any atom is -0.399 e. The highest BCUT2D eigenvalue weighted by molar-refractivity contribution is 7.92. The monoisotopic (exact) mass is 252 g/mol. The molecule has 0 radical (unpaired) electrons. The molecule has 0 amide bonds. The van der Waals surface area contributed by atoms with Gasteiger partial charge in [0, 0.05) is 5.69 Å². The number of sulfonamides is 1. The van der Waals surface area contributed by atoms with Crippen LogP contribution in [-0.4, -0.2) is 18.6 Å². The van der Waals surface area contributed by atoms with Crippen molar-refractivity contribution in [2.75, 3.05) is 10.5 Å². The molecular formula is C10H12N4O2S. The maximum atomic E-state index is 11.9. The number of nitrogens with one attached hydrogen (secondary N) is 2. The van der Waals surface area contributed by atoms with Gasteiger partial charge in [0.25, 0.3) is 10.0 Å². The number of nitrogens with zero attached hydrogens (tertiary/aromatic N) is 1. The number of aromatic nitrogens is 2. The van der Waals surface area contributed by atoms with E-state index in [0.717, 1.165) is 5.56 Å². The van der Waals surface area contributed by atoms with E-state index in [2.05, 4.69) is 14.9 Å². The van der Waals surface area contributed by atoms with Crippen LogP contribution >= 0.6 is 0 Å². The van der Waals surface area contributed by atoms with Crippen molar-refractivity contribution in [2.45, 2.75) is 11.9 Å². The van der Waals surface area contributed by atoms with Gasteiger partial charge in [0.1, 0.15) is 0 Å². The Morgan fingerprint density at radius 3 is 2.76 bits per heavy atom. The number of aryl methyl sites for hydroxylation is 1. The number of benzene rings is 1. The zero-order valence-electron chi connectivity index (χ0n) is 9.14. The van der Waals surface area contributed by atoms with E-state index in [1.54, 1.807) is 25.1 Å². The van der Waals surface area contributed by atoms with E-state index in [1.165, 1.54) is 12.3 Å². The van der Waals surface area contributed by atoms with E-state index in [1.807, 2.05) is 0 Å². The quantitative estimate of drug-likeness (QED) is 0.712. The largest absolute Gasteiger partial charge is 0.399 e. The molecule has 2 aromatic rings. The second-order valence-corrected chi connectivity index (χ2v) is 5.25. The van der Waals surface area contributed by atoms with Crippen molar-refractivity contribution in [2.24, 2.45) is 0 Å². The number of hydrogen-bond donors (Lipinski definition) is 3. The van der Waals surface area contributed by atoms with Gasteiger partial charge in [-0.3, -0.25) is 9.82 Å². The molecular weight excluding hydrogens is 240 g/mol. The summed E-state index contributed by atoms with van der Waals surface area (Å²) in [6, 6.07) is 6.41. The molecule has 1 heterocycles. The van der Waals surface area contributed by atoms with Gasteiger partial charge in [-0.25, -0.2) is 0 Å². The molecule has 0 saturated heterocycles. The van der Waals surface area contributed by atoms with Crippen LogP contribution in [0.1, 0.15) is 5.56 Å². The molecule has 90 valence electrons. The third-order valence-corrected chi connectivity index (χ3v) is 3.57. The smallest absolute Gasteiger partial charge is 0.278 e. The molecule has 0 aliphatic rings. The molecule has 0 atom stereocenters. The van der Waals surface area contributed by atoms with Crippen LogP contribution in [0.2, 0.25) is 0 Å². The Balaban J connectivity index is 2.36. The van der Waals surface area contributed by atoms with Crippen molar-refractivity contribution >= 4 is 21.4 Å². The van der Waals surface area contributed by atoms with Crippen molar-refractivity contribution in [3.05, 3.63) is 36.0 Å². The maximum Gasteiger partial charge on any atom is 0.278 e. The summed E-state index contributed by atoms with van der Waals surface area (Å²) in [6.07, 6.45) is 1.38. The Bertz CT molecular complexity index is 620. The summed E-state index contributed by atoms with van der Waals surface area (Å²) in [7, 11) is -3.63. The second kappa shape index (κ2) is 4.10. The zero-order chi connectivity index (χ0) is 12.5. The SMILES string of the molecule is Cc1ccc(N)cc1NS(=O)(=O)c1ccn[nH]1. The van der Waals surface area contributed by atoms with Crippen molar-refractivity contribution in [3.8, 4) is 0 Å². The number of aromatic amines is 1. The van der Waals surface area contributed by atoms with Crippen LogP contribution < -0.4 is 10.5 Å². The van der Waals surface area contributed by atoms with Gasteiger partial charge >= 0.3 is 0 Å². The number of rotatable bonds is 3. The molecule has 0 bridgehead atoms. The van der Waals surface area contributed by atoms with Gasteiger partial charge in [-0.2, -0.15) is 13.5 Å². The fourth-order valence-corrected chi connectivity index (χ4v) is 2.37. The average molecular weight is 252 g/mol. The van der Waals surface area contributed by atoms with Gasteiger partial charge in [0.2, 0.25) is 0 Å². The number of nitrogen functional groups attached to an aromatic ring is 1. The van der Waals surface area contributed by atoms with Crippen LogP contribution in [0.25, 0.3) is 0 Å². The second-order valence-electron chi connectivity index (χ2n) is 3.60. The Hall–Kier alpha value is -2.02. The van der Waals surface area contributed by atoms with E-state index < -0.39 is 10.0 Å². The van der Waals surface area contributed by atoms with Crippen LogP contribution in [0.5, 0.6) is 0 Å². The molecule has 0 fully saturated rings. The standard InChI is InChI=1S/C10H12N4O2S/c1-7-2-3-8(11)6-9(7)14-17(15,16)10-4-5-12-13-10/h2-6,14H,11H2,1H3,(H,12,13). The molecule has 0 saturated carbocycles. The molecule has 6 nitrogen and oxygen atoms in total. The highest BCUT2D eigenvalue weighted by Gasteiger charge is 2.16. The fraction of sp³-hybridized carbons (Fsp3) is 0.100. The Morgan fingerprint density at radius 1 is 1.35 bits per heavy atom. The third kappa shape index (κ3) is 2.39. The van der Waals surface area contributed by atoms with Gasteiger partial charge in [-0.15, -0.1) is 0 Å². The van der Waals surface area contributed by atoms with Crippen molar-refractivity contribution in [1.82, 2.24) is 10.2 Å².